The maximum absolute atomic E-state index is 12.7. The second-order valence-electron chi connectivity index (χ2n) is 5.41. The molecule has 1 saturated carbocycles. The summed E-state index contributed by atoms with van der Waals surface area (Å²) in [6, 6.07) is 2.24. The Balaban J connectivity index is 2.89. The van der Waals surface area contributed by atoms with Crippen molar-refractivity contribution in [2.45, 2.75) is 51.9 Å². The number of carbonyl (C=O) groups excluding carboxylic acids is 2. The predicted molar refractivity (Wildman–Crippen MR) is 74.6 cm³/mol. The first kappa shape index (κ1) is 16.5. The monoisotopic (exact) mass is 280 g/mol. The molecule has 5 nitrogen and oxygen atoms in total. The molecule has 1 amide bonds. The van der Waals surface area contributed by atoms with Crippen molar-refractivity contribution in [3.8, 4) is 6.07 Å². The lowest BCUT2D eigenvalue weighted by molar-refractivity contribution is -0.150. The van der Waals surface area contributed by atoms with Gasteiger partial charge < -0.3 is 9.64 Å². The standard InChI is InChI=1S/C15H24N2O3/c1-3-10-17(11-13(18)20-2)14(19)15(12-16)8-6-4-5-7-9-15/h3-11H2,1-2H3. The van der Waals surface area contributed by atoms with Crippen LogP contribution in [-0.4, -0.2) is 37.0 Å². The van der Waals surface area contributed by atoms with Gasteiger partial charge in [-0.2, -0.15) is 5.26 Å². The SMILES string of the molecule is CCCN(CC(=O)OC)C(=O)C1(C#N)CCCCCC1. The van der Waals surface area contributed by atoms with E-state index >= 15 is 0 Å². The molecule has 0 aromatic heterocycles. The molecule has 1 rings (SSSR count). The Morgan fingerprint density at radius 3 is 2.30 bits per heavy atom. The molecule has 0 spiro atoms. The highest BCUT2D eigenvalue weighted by molar-refractivity contribution is 5.88. The number of methoxy groups -OCH3 is 1. The van der Waals surface area contributed by atoms with Crippen molar-refractivity contribution in [2.75, 3.05) is 20.2 Å². The molecule has 20 heavy (non-hydrogen) atoms. The number of amides is 1. The number of nitriles is 1. The molecule has 112 valence electrons. The molecule has 0 saturated heterocycles. The molecule has 1 aliphatic rings. The molecule has 1 fully saturated rings. The van der Waals surface area contributed by atoms with Gasteiger partial charge in [-0.1, -0.05) is 32.6 Å². The largest absolute Gasteiger partial charge is 0.468 e. The van der Waals surface area contributed by atoms with Crippen LogP contribution in [0.2, 0.25) is 0 Å². The van der Waals surface area contributed by atoms with Crippen LogP contribution < -0.4 is 0 Å². The molecule has 0 heterocycles. The van der Waals surface area contributed by atoms with Crippen molar-refractivity contribution in [3.63, 3.8) is 0 Å². The van der Waals surface area contributed by atoms with Gasteiger partial charge in [-0.3, -0.25) is 9.59 Å². The smallest absolute Gasteiger partial charge is 0.325 e. The van der Waals surface area contributed by atoms with Gasteiger partial charge in [-0.05, 0) is 19.3 Å². The van der Waals surface area contributed by atoms with Crippen LogP contribution in [0.15, 0.2) is 0 Å². The normalized spacial score (nSPS) is 17.6. The average molecular weight is 280 g/mol. The van der Waals surface area contributed by atoms with E-state index in [2.05, 4.69) is 10.8 Å². The lowest BCUT2D eigenvalue weighted by Crippen LogP contribution is -2.46. The zero-order valence-electron chi connectivity index (χ0n) is 12.5. The van der Waals surface area contributed by atoms with E-state index in [1.807, 2.05) is 6.92 Å². The number of ether oxygens (including phenoxy) is 1. The summed E-state index contributed by atoms with van der Waals surface area (Å²) in [6.07, 6.45) is 5.90. The van der Waals surface area contributed by atoms with Gasteiger partial charge in [-0.25, -0.2) is 0 Å². The lowest BCUT2D eigenvalue weighted by atomic mass is 9.80. The molecule has 1 aliphatic carbocycles. The first-order valence-electron chi connectivity index (χ1n) is 7.37. The van der Waals surface area contributed by atoms with E-state index < -0.39 is 11.4 Å². The minimum Gasteiger partial charge on any atom is -0.468 e. The fourth-order valence-electron chi connectivity index (χ4n) is 2.75. The molecule has 0 bridgehead atoms. The van der Waals surface area contributed by atoms with Crippen molar-refractivity contribution in [1.29, 1.82) is 5.26 Å². The summed E-state index contributed by atoms with van der Waals surface area (Å²) >= 11 is 0. The highest BCUT2D eigenvalue weighted by Gasteiger charge is 2.41. The van der Waals surface area contributed by atoms with Crippen LogP contribution in [0.5, 0.6) is 0 Å². The van der Waals surface area contributed by atoms with Crippen LogP contribution in [0.1, 0.15) is 51.9 Å². The topological polar surface area (TPSA) is 70.4 Å². The van der Waals surface area contributed by atoms with E-state index in [4.69, 9.17) is 0 Å². The van der Waals surface area contributed by atoms with Gasteiger partial charge in [0.25, 0.3) is 0 Å². The molecule has 0 aliphatic heterocycles. The van der Waals surface area contributed by atoms with Gasteiger partial charge in [0.15, 0.2) is 0 Å². The second kappa shape index (κ2) is 7.88. The summed E-state index contributed by atoms with van der Waals surface area (Å²) in [5.74, 6) is -0.636. The van der Waals surface area contributed by atoms with E-state index in [9.17, 15) is 14.9 Å². The summed E-state index contributed by atoms with van der Waals surface area (Å²) < 4.78 is 4.64. The van der Waals surface area contributed by atoms with Crippen LogP contribution in [0.3, 0.4) is 0 Å². The quantitative estimate of drug-likeness (QED) is 0.572. The third-order valence-electron chi connectivity index (χ3n) is 3.91. The molecule has 5 heteroatoms. The number of nitrogens with zero attached hydrogens (tertiary/aromatic N) is 2. The van der Waals surface area contributed by atoms with Crippen LogP contribution in [0.4, 0.5) is 0 Å². The maximum atomic E-state index is 12.7. The predicted octanol–water partition coefficient (Wildman–Crippen LogP) is 2.26. The Labute approximate surface area is 120 Å². The minimum absolute atomic E-state index is 0.0629. The summed E-state index contributed by atoms with van der Waals surface area (Å²) in [6.45, 7) is 2.37. The van der Waals surface area contributed by atoms with Crippen LogP contribution >= 0.6 is 0 Å². The molecular weight excluding hydrogens is 256 g/mol. The molecule has 0 N–H and O–H groups in total. The first-order valence-corrected chi connectivity index (χ1v) is 7.37. The first-order chi connectivity index (χ1) is 9.59. The van der Waals surface area contributed by atoms with Gasteiger partial charge in [0.2, 0.25) is 5.91 Å². The van der Waals surface area contributed by atoms with E-state index in [0.717, 1.165) is 32.1 Å². The second-order valence-corrected chi connectivity index (χ2v) is 5.41. The van der Waals surface area contributed by atoms with Gasteiger partial charge >= 0.3 is 5.97 Å². The van der Waals surface area contributed by atoms with Crippen LogP contribution in [0, 0.1) is 16.7 Å². The van der Waals surface area contributed by atoms with Gasteiger partial charge in [0.1, 0.15) is 12.0 Å². The van der Waals surface area contributed by atoms with Gasteiger partial charge in [0.05, 0.1) is 13.2 Å². The number of hydrogen-bond donors (Lipinski definition) is 0. The third-order valence-corrected chi connectivity index (χ3v) is 3.91. The Hall–Kier alpha value is -1.57. The van der Waals surface area contributed by atoms with E-state index in [0.29, 0.717) is 19.4 Å². The van der Waals surface area contributed by atoms with Crippen molar-refractivity contribution < 1.29 is 14.3 Å². The zero-order chi connectivity index (χ0) is 15.0. The van der Waals surface area contributed by atoms with Crippen LogP contribution in [-0.2, 0) is 14.3 Å². The summed E-state index contributed by atoms with van der Waals surface area (Å²) in [4.78, 5) is 25.7. The van der Waals surface area contributed by atoms with Crippen LogP contribution in [0.25, 0.3) is 0 Å². The maximum Gasteiger partial charge on any atom is 0.325 e. The van der Waals surface area contributed by atoms with E-state index in [-0.39, 0.29) is 12.5 Å². The number of esters is 1. The van der Waals surface area contributed by atoms with Crippen molar-refractivity contribution in [1.82, 2.24) is 4.90 Å². The average Bonchev–Trinajstić information content (AvgIpc) is 2.72. The number of hydrogen-bond acceptors (Lipinski definition) is 4. The zero-order valence-corrected chi connectivity index (χ0v) is 12.5. The highest BCUT2D eigenvalue weighted by atomic mass is 16.5. The van der Waals surface area contributed by atoms with Crippen molar-refractivity contribution in [3.05, 3.63) is 0 Å². The van der Waals surface area contributed by atoms with Crippen molar-refractivity contribution in [2.24, 2.45) is 5.41 Å². The number of carbonyl (C=O) groups is 2. The molecule has 0 aromatic carbocycles. The van der Waals surface area contributed by atoms with Gasteiger partial charge in [-0.15, -0.1) is 0 Å². The molecular formula is C15H24N2O3. The Morgan fingerprint density at radius 2 is 1.85 bits per heavy atom. The highest BCUT2D eigenvalue weighted by Crippen LogP contribution is 2.36. The van der Waals surface area contributed by atoms with Gasteiger partial charge in [0, 0.05) is 6.54 Å². The molecule has 0 unspecified atom stereocenters. The third kappa shape index (κ3) is 3.96. The fourth-order valence-corrected chi connectivity index (χ4v) is 2.75. The Morgan fingerprint density at radius 1 is 1.25 bits per heavy atom. The summed E-state index contributed by atoms with van der Waals surface area (Å²) in [5, 5.41) is 9.53. The summed E-state index contributed by atoms with van der Waals surface area (Å²) in [7, 11) is 1.31. The van der Waals surface area contributed by atoms with Crippen molar-refractivity contribution >= 4 is 11.9 Å². The number of rotatable bonds is 5. The Bertz CT molecular complexity index is 379. The van der Waals surface area contributed by atoms with E-state index in [1.165, 1.54) is 12.0 Å². The molecule has 0 atom stereocenters. The fraction of sp³-hybridized carbons (Fsp3) is 0.800. The molecule has 0 aromatic rings. The molecule has 0 radical (unpaired) electrons. The summed E-state index contributed by atoms with van der Waals surface area (Å²) in [5.41, 5.74) is -0.945. The van der Waals surface area contributed by atoms with E-state index in [1.54, 1.807) is 0 Å². The Kier molecular flexibility index (Phi) is 6.50. The minimum atomic E-state index is -0.945. The lowest BCUT2D eigenvalue weighted by Gasteiger charge is -2.31.